The predicted octanol–water partition coefficient (Wildman–Crippen LogP) is 3.08. The van der Waals surface area contributed by atoms with Crippen molar-refractivity contribution in [3.8, 4) is 0 Å². The minimum absolute atomic E-state index is 0.0273. The van der Waals surface area contributed by atoms with Gasteiger partial charge in [-0.2, -0.15) is 5.10 Å². The number of hydrogen-bond acceptors (Lipinski definition) is 3. The van der Waals surface area contributed by atoms with Gasteiger partial charge in [0.25, 0.3) is 0 Å². The van der Waals surface area contributed by atoms with Gasteiger partial charge in [0.2, 0.25) is 0 Å². The van der Waals surface area contributed by atoms with E-state index in [0.29, 0.717) is 12.5 Å². The molecule has 2 amide bonds. The van der Waals surface area contributed by atoms with Crippen molar-refractivity contribution in [3.63, 3.8) is 0 Å². The molecule has 3 heterocycles. The first-order valence-corrected chi connectivity index (χ1v) is 9.00. The van der Waals surface area contributed by atoms with Crippen molar-refractivity contribution >= 4 is 6.03 Å². The number of pyridine rings is 1. The Labute approximate surface area is 149 Å². The molecule has 25 heavy (non-hydrogen) atoms. The largest absolute Gasteiger partial charge is 0.338 e. The van der Waals surface area contributed by atoms with Gasteiger partial charge in [-0.3, -0.25) is 9.67 Å². The third kappa shape index (κ3) is 4.18. The molecule has 6 heteroatoms. The summed E-state index contributed by atoms with van der Waals surface area (Å²) in [4.78, 5) is 18.7. The van der Waals surface area contributed by atoms with Gasteiger partial charge < -0.3 is 10.2 Å². The molecule has 1 aliphatic heterocycles. The number of nitrogens with zero attached hydrogens (tertiary/aromatic N) is 4. The highest BCUT2D eigenvalue weighted by molar-refractivity contribution is 5.75. The SMILES string of the molecule is Cc1cc(C)n(CC(C)CNC(=O)N2CCCC2c2ccncc2)n1. The number of nitrogens with one attached hydrogen (secondary N) is 1. The van der Waals surface area contributed by atoms with Crippen molar-refractivity contribution in [1.29, 1.82) is 0 Å². The van der Waals surface area contributed by atoms with E-state index in [9.17, 15) is 4.79 Å². The Kier molecular flexibility index (Phi) is 5.36. The van der Waals surface area contributed by atoms with Crippen LogP contribution in [0.4, 0.5) is 4.79 Å². The molecule has 0 aromatic carbocycles. The van der Waals surface area contributed by atoms with Gasteiger partial charge in [0.1, 0.15) is 0 Å². The maximum absolute atomic E-state index is 12.6. The summed E-state index contributed by atoms with van der Waals surface area (Å²) < 4.78 is 2.02. The summed E-state index contributed by atoms with van der Waals surface area (Å²) in [6, 6.07) is 6.27. The lowest BCUT2D eigenvalue weighted by molar-refractivity contribution is 0.190. The van der Waals surface area contributed by atoms with Crippen molar-refractivity contribution in [2.24, 2.45) is 5.92 Å². The number of carbonyl (C=O) groups excluding carboxylic acids is 1. The van der Waals surface area contributed by atoms with Gasteiger partial charge in [-0.25, -0.2) is 4.79 Å². The van der Waals surface area contributed by atoms with Gasteiger partial charge in [0, 0.05) is 37.7 Å². The minimum Gasteiger partial charge on any atom is -0.338 e. The second-order valence-corrected chi connectivity index (χ2v) is 7.03. The number of aromatic nitrogens is 3. The van der Waals surface area contributed by atoms with Crippen LogP contribution < -0.4 is 5.32 Å². The fraction of sp³-hybridized carbons (Fsp3) is 0.526. The Morgan fingerprint density at radius 2 is 2.12 bits per heavy atom. The highest BCUT2D eigenvalue weighted by atomic mass is 16.2. The third-order valence-electron chi connectivity index (χ3n) is 4.79. The van der Waals surface area contributed by atoms with Crippen molar-refractivity contribution in [3.05, 3.63) is 47.5 Å². The molecule has 2 unspecified atom stereocenters. The second-order valence-electron chi connectivity index (χ2n) is 7.03. The monoisotopic (exact) mass is 341 g/mol. The highest BCUT2D eigenvalue weighted by Crippen LogP contribution is 2.31. The number of amides is 2. The van der Waals surface area contributed by atoms with Crippen LogP contribution in [0.25, 0.3) is 0 Å². The molecule has 6 nitrogen and oxygen atoms in total. The molecule has 1 fully saturated rings. The highest BCUT2D eigenvalue weighted by Gasteiger charge is 2.29. The molecule has 2 aromatic heterocycles. The van der Waals surface area contributed by atoms with Crippen LogP contribution in [0.15, 0.2) is 30.6 Å². The van der Waals surface area contributed by atoms with Crippen LogP contribution in [0.3, 0.4) is 0 Å². The molecule has 0 radical (unpaired) electrons. The molecule has 1 saturated heterocycles. The molecule has 0 bridgehead atoms. The zero-order chi connectivity index (χ0) is 17.8. The molecule has 2 aromatic rings. The zero-order valence-electron chi connectivity index (χ0n) is 15.3. The van der Waals surface area contributed by atoms with E-state index in [-0.39, 0.29) is 12.1 Å². The Morgan fingerprint density at radius 1 is 1.36 bits per heavy atom. The van der Waals surface area contributed by atoms with E-state index < -0.39 is 0 Å². The van der Waals surface area contributed by atoms with E-state index in [4.69, 9.17) is 0 Å². The number of rotatable bonds is 5. The first kappa shape index (κ1) is 17.5. The van der Waals surface area contributed by atoms with Crippen molar-refractivity contribution < 1.29 is 4.79 Å². The molecule has 2 atom stereocenters. The predicted molar refractivity (Wildman–Crippen MR) is 97.2 cm³/mol. The van der Waals surface area contributed by atoms with Gasteiger partial charge in [-0.15, -0.1) is 0 Å². The maximum atomic E-state index is 12.6. The molecular formula is C19H27N5O. The Bertz CT molecular complexity index is 712. The van der Waals surface area contributed by atoms with E-state index in [1.807, 2.05) is 28.6 Å². The van der Waals surface area contributed by atoms with E-state index in [2.05, 4.69) is 35.3 Å². The fourth-order valence-electron chi connectivity index (χ4n) is 3.52. The zero-order valence-corrected chi connectivity index (χ0v) is 15.3. The topological polar surface area (TPSA) is 63.1 Å². The van der Waals surface area contributed by atoms with Crippen LogP contribution in [0.1, 0.15) is 42.8 Å². The second kappa shape index (κ2) is 7.68. The number of hydrogen-bond donors (Lipinski definition) is 1. The molecule has 0 aliphatic carbocycles. The average Bonchev–Trinajstić information content (AvgIpc) is 3.20. The summed E-state index contributed by atoms with van der Waals surface area (Å²) in [7, 11) is 0. The van der Waals surface area contributed by atoms with Crippen LogP contribution in [-0.4, -0.2) is 38.8 Å². The molecule has 0 saturated carbocycles. The Morgan fingerprint density at radius 3 is 2.80 bits per heavy atom. The normalized spacial score (nSPS) is 18.4. The summed E-state index contributed by atoms with van der Waals surface area (Å²) in [5.41, 5.74) is 3.36. The summed E-state index contributed by atoms with van der Waals surface area (Å²) >= 11 is 0. The first-order chi connectivity index (χ1) is 12.0. The lowest BCUT2D eigenvalue weighted by Crippen LogP contribution is -2.41. The fourth-order valence-corrected chi connectivity index (χ4v) is 3.52. The van der Waals surface area contributed by atoms with E-state index in [1.54, 1.807) is 12.4 Å². The van der Waals surface area contributed by atoms with Gasteiger partial charge >= 0.3 is 6.03 Å². The van der Waals surface area contributed by atoms with Crippen LogP contribution in [-0.2, 0) is 6.54 Å². The molecular weight excluding hydrogens is 314 g/mol. The lowest BCUT2D eigenvalue weighted by Gasteiger charge is -2.26. The first-order valence-electron chi connectivity index (χ1n) is 9.00. The molecule has 0 spiro atoms. The molecule has 1 N–H and O–H groups in total. The van der Waals surface area contributed by atoms with Crippen LogP contribution >= 0.6 is 0 Å². The van der Waals surface area contributed by atoms with Gasteiger partial charge in [0.05, 0.1) is 11.7 Å². The summed E-state index contributed by atoms with van der Waals surface area (Å²) in [5.74, 6) is 0.323. The van der Waals surface area contributed by atoms with Crippen molar-refractivity contribution in [2.45, 2.75) is 46.2 Å². The maximum Gasteiger partial charge on any atom is 0.317 e. The number of aryl methyl sites for hydroxylation is 2. The van der Waals surface area contributed by atoms with Crippen molar-refractivity contribution in [2.75, 3.05) is 13.1 Å². The van der Waals surface area contributed by atoms with E-state index >= 15 is 0 Å². The van der Waals surface area contributed by atoms with Crippen LogP contribution in [0.2, 0.25) is 0 Å². The third-order valence-corrected chi connectivity index (χ3v) is 4.79. The number of carbonyl (C=O) groups is 1. The van der Waals surface area contributed by atoms with Crippen molar-refractivity contribution in [1.82, 2.24) is 25.0 Å². The van der Waals surface area contributed by atoms with Crippen LogP contribution in [0, 0.1) is 19.8 Å². The van der Waals surface area contributed by atoms with Gasteiger partial charge in [-0.1, -0.05) is 6.92 Å². The van der Waals surface area contributed by atoms with Gasteiger partial charge in [0.15, 0.2) is 0 Å². The number of likely N-dealkylation sites (tertiary alicyclic amines) is 1. The lowest BCUT2D eigenvalue weighted by atomic mass is 10.1. The quantitative estimate of drug-likeness (QED) is 0.909. The smallest absolute Gasteiger partial charge is 0.317 e. The molecule has 134 valence electrons. The standard InChI is InChI=1S/C19H27N5O/c1-14(13-24-16(3)11-15(2)22-24)12-21-19(25)23-10-4-5-18(23)17-6-8-20-9-7-17/h6-9,11,14,18H,4-5,10,12-13H2,1-3H3,(H,21,25). The Balaban J connectivity index is 1.54. The van der Waals surface area contributed by atoms with Crippen LogP contribution in [0.5, 0.6) is 0 Å². The molecule has 3 rings (SSSR count). The number of urea groups is 1. The van der Waals surface area contributed by atoms with Gasteiger partial charge in [-0.05, 0) is 56.4 Å². The average molecular weight is 341 g/mol. The van der Waals surface area contributed by atoms with E-state index in [1.165, 1.54) is 5.56 Å². The van der Waals surface area contributed by atoms with E-state index in [0.717, 1.165) is 37.3 Å². The molecule has 1 aliphatic rings. The summed E-state index contributed by atoms with van der Waals surface area (Å²) in [5, 5.41) is 7.59. The Hall–Kier alpha value is -2.37. The summed E-state index contributed by atoms with van der Waals surface area (Å²) in [6.07, 6.45) is 5.64. The summed E-state index contributed by atoms with van der Waals surface area (Å²) in [6.45, 7) is 8.48. The minimum atomic E-state index is 0.0273.